The second-order valence-corrected chi connectivity index (χ2v) is 3.53. The smallest absolute Gasteiger partial charge is 0.253 e. The van der Waals surface area contributed by atoms with E-state index < -0.39 is 5.82 Å². The number of H-pyrrole nitrogens is 1. The van der Waals surface area contributed by atoms with E-state index in [1.165, 1.54) is 18.5 Å². The van der Waals surface area contributed by atoms with Gasteiger partial charge in [0.25, 0.3) is 5.91 Å². The van der Waals surface area contributed by atoms with Crippen LogP contribution in [0.2, 0.25) is 0 Å². The van der Waals surface area contributed by atoms with E-state index in [1.54, 1.807) is 13.1 Å². The highest BCUT2D eigenvalue weighted by atomic mass is 19.1. The molecule has 1 aromatic heterocycles. The maximum atomic E-state index is 13.5. The number of nitrogens with one attached hydrogen (secondary N) is 3. The first-order valence-electron chi connectivity index (χ1n) is 5.31. The molecule has 1 aromatic carbocycles. The first-order chi connectivity index (χ1) is 8.72. The lowest BCUT2D eigenvalue weighted by atomic mass is 10.1. The quantitative estimate of drug-likeness (QED) is 0.752. The summed E-state index contributed by atoms with van der Waals surface area (Å²) in [4.78, 5) is 15.8. The van der Waals surface area contributed by atoms with Crippen LogP contribution in [0.25, 0.3) is 0 Å². The number of aromatic nitrogens is 3. The molecule has 0 bridgehead atoms. The molecule has 0 spiro atoms. The highest BCUT2D eigenvalue weighted by molar-refractivity contribution is 5.99. The van der Waals surface area contributed by atoms with Crippen molar-refractivity contribution in [3.05, 3.63) is 41.7 Å². The maximum Gasteiger partial charge on any atom is 0.253 e. The van der Waals surface area contributed by atoms with Crippen LogP contribution in [0.1, 0.15) is 16.2 Å². The maximum absolute atomic E-state index is 13.5. The zero-order chi connectivity index (χ0) is 13.0. The molecule has 2 aromatic rings. The molecule has 7 heteroatoms. The topological polar surface area (TPSA) is 82.7 Å². The molecule has 0 atom stereocenters. The number of hydrogen-bond acceptors (Lipinski definition) is 4. The highest BCUT2D eigenvalue weighted by Gasteiger charge is 2.13. The Morgan fingerprint density at radius 2 is 2.33 bits per heavy atom. The fourth-order valence-electron chi connectivity index (χ4n) is 1.54. The van der Waals surface area contributed by atoms with Gasteiger partial charge >= 0.3 is 0 Å². The highest BCUT2D eigenvalue weighted by Crippen LogP contribution is 2.18. The third-order valence-corrected chi connectivity index (χ3v) is 2.39. The molecule has 18 heavy (non-hydrogen) atoms. The monoisotopic (exact) mass is 249 g/mol. The molecule has 1 amide bonds. The molecule has 0 aliphatic carbocycles. The van der Waals surface area contributed by atoms with Gasteiger partial charge in [0.15, 0.2) is 0 Å². The minimum absolute atomic E-state index is 0.174. The van der Waals surface area contributed by atoms with Crippen molar-refractivity contribution in [2.75, 3.05) is 12.4 Å². The van der Waals surface area contributed by atoms with Crippen molar-refractivity contribution in [2.45, 2.75) is 6.54 Å². The van der Waals surface area contributed by atoms with E-state index in [1.807, 2.05) is 0 Å². The van der Waals surface area contributed by atoms with Crippen molar-refractivity contribution in [3.63, 3.8) is 0 Å². The van der Waals surface area contributed by atoms with Crippen LogP contribution in [0.4, 0.5) is 10.1 Å². The lowest BCUT2D eigenvalue weighted by Crippen LogP contribution is -2.24. The minimum Gasteiger partial charge on any atom is -0.385 e. The van der Waals surface area contributed by atoms with E-state index in [0.717, 1.165) is 0 Å². The molecule has 1 heterocycles. The summed E-state index contributed by atoms with van der Waals surface area (Å²) < 4.78 is 13.5. The van der Waals surface area contributed by atoms with Crippen molar-refractivity contribution in [2.24, 2.45) is 0 Å². The van der Waals surface area contributed by atoms with Gasteiger partial charge in [0.2, 0.25) is 0 Å². The van der Waals surface area contributed by atoms with Crippen LogP contribution < -0.4 is 10.6 Å². The Kier molecular flexibility index (Phi) is 3.52. The Morgan fingerprint density at radius 1 is 1.50 bits per heavy atom. The number of hydrogen-bond donors (Lipinski definition) is 3. The predicted octanol–water partition coefficient (Wildman–Crippen LogP) is 0.915. The number of halogens is 1. The van der Waals surface area contributed by atoms with E-state index in [9.17, 15) is 9.18 Å². The lowest BCUT2D eigenvalue weighted by Gasteiger charge is -2.09. The second kappa shape index (κ2) is 5.26. The van der Waals surface area contributed by atoms with Crippen LogP contribution in [0.5, 0.6) is 0 Å². The Hall–Kier alpha value is -2.44. The van der Waals surface area contributed by atoms with Gasteiger partial charge in [0, 0.05) is 7.05 Å². The fourth-order valence-corrected chi connectivity index (χ4v) is 1.54. The molecular formula is C11H12FN5O. The van der Waals surface area contributed by atoms with Gasteiger partial charge in [-0.1, -0.05) is 6.07 Å². The van der Waals surface area contributed by atoms with Crippen LogP contribution in [0.15, 0.2) is 24.5 Å². The number of para-hydroxylation sites is 1. The van der Waals surface area contributed by atoms with Gasteiger partial charge in [-0.05, 0) is 12.1 Å². The van der Waals surface area contributed by atoms with Crippen molar-refractivity contribution >= 4 is 11.6 Å². The Bertz CT molecular complexity index is 540. The molecule has 0 unspecified atom stereocenters. The van der Waals surface area contributed by atoms with Crippen LogP contribution >= 0.6 is 0 Å². The van der Waals surface area contributed by atoms with E-state index in [0.29, 0.717) is 5.82 Å². The Balaban J connectivity index is 2.11. The molecule has 2 rings (SSSR count). The van der Waals surface area contributed by atoms with Crippen LogP contribution in [0, 0.1) is 5.82 Å². The van der Waals surface area contributed by atoms with Crippen LogP contribution in [-0.4, -0.2) is 28.1 Å². The second-order valence-electron chi connectivity index (χ2n) is 3.53. The molecule has 0 saturated heterocycles. The summed E-state index contributed by atoms with van der Waals surface area (Å²) in [5.74, 6) is -0.314. The summed E-state index contributed by atoms with van der Waals surface area (Å²) >= 11 is 0. The largest absolute Gasteiger partial charge is 0.385 e. The SMILES string of the molecule is CNc1c(F)cccc1C(=O)NCc1ncn[nH]1. The van der Waals surface area contributed by atoms with Crippen molar-refractivity contribution in [3.8, 4) is 0 Å². The van der Waals surface area contributed by atoms with Gasteiger partial charge in [0.05, 0.1) is 17.8 Å². The zero-order valence-electron chi connectivity index (χ0n) is 9.70. The molecular weight excluding hydrogens is 237 g/mol. The number of benzene rings is 1. The summed E-state index contributed by atoms with van der Waals surface area (Å²) in [6.45, 7) is 0.207. The number of rotatable bonds is 4. The summed E-state index contributed by atoms with van der Waals surface area (Å²) in [5.41, 5.74) is 0.421. The Labute approximate surface area is 103 Å². The normalized spacial score (nSPS) is 10.1. The summed E-state index contributed by atoms with van der Waals surface area (Å²) in [6, 6.07) is 4.32. The van der Waals surface area contributed by atoms with Gasteiger partial charge in [-0.25, -0.2) is 9.37 Å². The predicted molar refractivity (Wildman–Crippen MR) is 63.5 cm³/mol. The van der Waals surface area contributed by atoms with Crippen LogP contribution in [-0.2, 0) is 6.54 Å². The van der Waals surface area contributed by atoms with Crippen LogP contribution in [0.3, 0.4) is 0 Å². The van der Waals surface area contributed by atoms with Gasteiger partial charge < -0.3 is 10.6 Å². The summed E-state index contributed by atoms with van der Waals surface area (Å²) in [6.07, 6.45) is 1.35. The van der Waals surface area contributed by atoms with Crippen molar-refractivity contribution in [1.82, 2.24) is 20.5 Å². The average molecular weight is 249 g/mol. The summed E-state index contributed by atoms with van der Waals surface area (Å²) in [7, 11) is 1.56. The third kappa shape index (κ3) is 2.45. The number of aromatic amines is 1. The summed E-state index contributed by atoms with van der Waals surface area (Å²) in [5, 5.41) is 11.6. The van der Waals surface area contributed by atoms with E-state index in [2.05, 4.69) is 25.8 Å². The molecule has 3 N–H and O–H groups in total. The van der Waals surface area contributed by atoms with E-state index in [-0.39, 0.29) is 23.7 Å². The number of carbonyl (C=O) groups excluding carboxylic acids is 1. The molecule has 6 nitrogen and oxygen atoms in total. The molecule has 0 radical (unpaired) electrons. The van der Waals surface area contributed by atoms with E-state index >= 15 is 0 Å². The molecule has 0 saturated carbocycles. The number of amides is 1. The standard InChI is InChI=1S/C11H12FN5O/c1-13-10-7(3-2-4-8(10)12)11(18)14-5-9-15-6-16-17-9/h2-4,6,13H,5H2,1H3,(H,14,18)(H,15,16,17). The lowest BCUT2D eigenvalue weighted by molar-refractivity contribution is 0.0950. The number of carbonyl (C=O) groups is 1. The zero-order valence-corrected chi connectivity index (χ0v) is 9.70. The van der Waals surface area contributed by atoms with Gasteiger partial charge in [-0.3, -0.25) is 9.89 Å². The number of nitrogens with zero attached hydrogens (tertiary/aromatic N) is 2. The minimum atomic E-state index is -0.468. The van der Waals surface area contributed by atoms with Gasteiger partial charge in [-0.15, -0.1) is 0 Å². The molecule has 0 fully saturated rings. The number of anilines is 1. The first-order valence-corrected chi connectivity index (χ1v) is 5.31. The third-order valence-electron chi connectivity index (χ3n) is 2.39. The Morgan fingerprint density at radius 3 is 3.00 bits per heavy atom. The fraction of sp³-hybridized carbons (Fsp3) is 0.182. The van der Waals surface area contributed by atoms with Gasteiger partial charge in [-0.2, -0.15) is 5.10 Å². The molecule has 0 aliphatic heterocycles. The molecule has 0 aliphatic rings. The van der Waals surface area contributed by atoms with Crippen molar-refractivity contribution in [1.29, 1.82) is 0 Å². The molecule has 94 valence electrons. The van der Waals surface area contributed by atoms with E-state index in [4.69, 9.17) is 0 Å². The van der Waals surface area contributed by atoms with Gasteiger partial charge in [0.1, 0.15) is 18.0 Å². The first kappa shape index (κ1) is 12.0. The van der Waals surface area contributed by atoms with Crippen molar-refractivity contribution < 1.29 is 9.18 Å². The average Bonchev–Trinajstić information content (AvgIpc) is 2.88.